The van der Waals surface area contributed by atoms with Crippen LogP contribution in [-0.2, 0) is 4.79 Å². The molecule has 0 radical (unpaired) electrons. The molecule has 2 aliphatic rings. The Morgan fingerprint density at radius 1 is 0.970 bits per heavy atom. The lowest BCUT2D eigenvalue weighted by molar-refractivity contribution is -0.132. The summed E-state index contributed by atoms with van der Waals surface area (Å²) in [6, 6.07) is 29.1. The summed E-state index contributed by atoms with van der Waals surface area (Å²) in [6.45, 7) is 0. The van der Waals surface area contributed by atoms with Crippen molar-refractivity contribution in [3.63, 3.8) is 0 Å². The number of anilines is 1. The van der Waals surface area contributed by atoms with Gasteiger partial charge in [-0.25, -0.2) is 4.79 Å². The van der Waals surface area contributed by atoms with Crippen molar-refractivity contribution < 1.29 is 9.90 Å². The molecule has 0 saturated heterocycles. The molecule has 1 saturated carbocycles. The van der Waals surface area contributed by atoms with Gasteiger partial charge in [-0.05, 0) is 53.3 Å². The quantitative estimate of drug-likeness (QED) is 0.384. The molecule has 0 aromatic heterocycles. The van der Waals surface area contributed by atoms with Crippen LogP contribution in [0.4, 0.5) is 5.69 Å². The molecular weight excluding hydrogens is 408 g/mol. The second-order valence-electron chi connectivity index (χ2n) is 8.58. The van der Waals surface area contributed by atoms with Crippen LogP contribution in [0.1, 0.15) is 47.4 Å². The zero-order valence-electron chi connectivity index (χ0n) is 18.2. The monoisotopic (exact) mass is 432 g/mol. The molecule has 0 spiro atoms. The van der Waals surface area contributed by atoms with E-state index >= 15 is 0 Å². The van der Waals surface area contributed by atoms with E-state index in [-0.39, 0.29) is 5.57 Å². The highest BCUT2D eigenvalue weighted by Gasteiger charge is 2.41. The molecule has 1 aliphatic carbocycles. The van der Waals surface area contributed by atoms with Gasteiger partial charge in [-0.2, -0.15) is 5.26 Å². The van der Waals surface area contributed by atoms with Crippen molar-refractivity contribution in [2.45, 2.75) is 31.2 Å². The third-order valence-corrected chi connectivity index (χ3v) is 6.67. The summed E-state index contributed by atoms with van der Waals surface area (Å²) in [5.74, 6) is -0.788. The molecule has 2 atom stereocenters. The Hall–Kier alpha value is -4.10. The number of hydrogen-bond acceptors (Lipinski definition) is 3. The topological polar surface area (TPSA) is 64.3 Å². The van der Waals surface area contributed by atoms with Crippen LogP contribution < -0.4 is 4.90 Å². The molecule has 162 valence electrons. The highest BCUT2D eigenvalue weighted by Crippen LogP contribution is 2.50. The largest absolute Gasteiger partial charge is 0.477 e. The van der Waals surface area contributed by atoms with Crippen molar-refractivity contribution in [2.75, 3.05) is 4.90 Å². The molecule has 1 aliphatic heterocycles. The summed E-state index contributed by atoms with van der Waals surface area (Å²) >= 11 is 0. The molecule has 1 heterocycles. The van der Waals surface area contributed by atoms with E-state index in [2.05, 4.69) is 71.8 Å². The van der Waals surface area contributed by atoms with Crippen LogP contribution in [0.2, 0.25) is 0 Å². The zero-order chi connectivity index (χ0) is 22.8. The molecule has 3 aromatic carbocycles. The SMILES string of the molecule is N#C/C(=C\c1ccc2c(c1)C1CCCC1N2C=C(c1ccccc1)c1ccccc1)C(=O)O. The maximum Gasteiger partial charge on any atom is 0.346 e. The summed E-state index contributed by atoms with van der Waals surface area (Å²) in [5, 5.41) is 18.4. The summed E-state index contributed by atoms with van der Waals surface area (Å²) in [7, 11) is 0. The van der Waals surface area contributed by atoms with Crippen molar-refractivity contribution in [2.24, 2.45) is 0 Å². The number of aliphatic carboxylic acids is 1. The predicted molar refractivity (Wildman–Crippen MR) is 130 cm³/mol. The van der Waals surface area contributed by atoms with Crippen LogP contribution in [0.5, 0.6) is 0 Å². The van der Waals surface area contributed by atoms with E-state index in [0.717, 1.165) is 18.4 Å². The van der Waals surface area contributed by atoms with Crippen LogP contribution in [0.15, 0.2) is 90.6 Å². The Morgan fingerprint density at radius 3 is 2.24 bits per heavy atom. The van der Waals surface area contributed by atoms with Crippen LogP contribution in [0.25, 0.3) is 11.6 Å². The van der Waals surface area contributed by atoms with Crippen LogP contribution in [-0.4, -0.2) is 17.1 Å². The van der Waals surface area contributed by atoms with Gasteiger partial charge in [-0.15, -0.1) is 0 Å². The second kappa shape index (κ2) is 8.80. The van der Waals surface area contributed by atoms with Gasteiger partial charge in [0.2, 0.25) is 0 Å². The molecular formula is C29H24N2O2. The second-order valence-corrected chi connectivity index (χ2v) is 8.58. The first kappa shape index (κ1) is 20.8. The van der Waals surface area contributed by atoms with Crippen molar-refractivity contribution in [1.29, 1.82) is 5.26 Å². The van der Waals surface area contributed by atoms with Gasteiger partial charge in [0.05, 0.1) is 0 Å². The van der Waals surface area contributed by atoms with Crippen molar-refractivity contribution >= 4 is 23.3 Å². The Morgan fingerprint density at radius 2 is 1.64 bits per heavy atom. The summed E-state index contributed by atoms with van der Waals surface area (Å²) in [5.41, 5.74) is 6.44. The molecule has 0 bridgehead atoms. The number of carbonyl (C=O) groups is 1. The molecule has 1 fully saturated rings. The van der Waals surface area contributed by atoms with Gasteiger partial charge in [0, 0.05) is 29.4 Å². The van der Waals surface area contributed by atoms with Crippen molar-refractivity contribution in [3.8, 4) is 6.07 Å². The van der Waals surface area contributed by atoms with Gasteiger partial charge in [-0.3, -0.25) is 0 Å². The molecule has 4 nitrogen and oxygen atoms in total. The van der Waals surface area contributed by atoms with Gasteiger partial charge in [0.15, 0.2) is 0 Å². The number of carboxylic acids is 1. The lowest BCUT2D eigenvalue weighted by Gasteiger charge is -2.25. The highest BCUT2D eigenvalue weighted by atomic mass is 16.4. The minimum atomic E-state index is -1.20. The van der Waals surface area contributed by atoms with Gasteiger partial charge in [0.25, 0.3) is 0 Å². The summed E-state index contributed by atoms with van der Waals surface area (Å²) < 4.78 is 0. The van der Waals surface area contributed by atoms with Crippen LogP contribution in [0, 0.1) is 11.3 Å². The standard InChI is InChI=1S/C29H24N2O2/c30-18-23(29(32)33)16-20-14-15-28-25(17-20)24-12-7-13-27(24)31(28)19-26(21-8-3-1-4-9-21)22-10-5-2-6-11-22/h1-6,8-11,14-17,19,24,27H,7,12-13H2,(H,32,33)/b23-16+. The number of fused-ring (bicyclic) bond motifs is 3. The first-order chi connectivity index (χ1) is 16.2. The van der Waals surface area contributed by atoms with Gasteiger partial charge in [-0.1, -0.05) is 73.2 Å². The third-order valence-electron chi connectivity index (χ3n) is 6.67. The Labute approximate surface area is 193 Å². The van der Waals surface area contributed by atoms with E-state index in [1.54, 1.807) is 6.07 Å². The normalized spacial score (nSPS) is 18.9. The molecule has 3 aromatic rings. The maximum absolute atomic E-state index is 11.3. The minimum absolute atomic E-state index is 0.247. The predicted octanol–water partition coefficient (Wildman–Crippen LogP) is 6.22. The van der Waals surface area contributed by atoms with E-state index in [1.807, 2.05) is 18.2 Å². The number of nitriles is 1. The van der Waals surface area contributed by atoms with Gasteiger partial charge < -0.3 is 10.0 Å². The fourth-order valence-corrected chi connectivity index (χ4v) is 5.17. The Kier molecular flexibility index (Phi) is 5.54. The Bertz CT molecular complexity index is 1240. The Balaban J connectivity index is 1.61. The smallest absolute Gasteiger partial charge is 0.346 e. The number of rotatable bonds is 5. The van der Waals surface area contributed by atoms with E-state index in [0.29, 0.717) is 12.0 Å². The minimum Gasteiger partial charge on any atom is -0.477 e. The van der Waals surface area contributed by atoms with Crippen LogP contribution >= 0.6 is 0 Å². The van der Waals surface area contributed by atoms with E-state index in [4.69, 9.17) is 5.26 Å². The zero-order valence-corrected chi connectivity index (χ0v) is 18.2. The molecule has 4 heteroatoms. The number of carboxylic acid groups (broad SMARTS) is 1. The van der Waals surface area contributed by atoms with Crippen molar-refractivity contribution in [1.82, 2.24) is 0 Å². The van der Waals surface area contributed by atoms with E-state index < -0.39 is 5.97 Å². The summed E-state index contributed by atoms with van der Waals surface area (Å²) in [4.78, 5) is 13.7. The van der Waals surface area contributed by atoms with E-state index in [9.17, 15) is 9.90 Å². The van der Waals surface area contributed by atoms with Crippen LogP contribution in [0.3, 0.4) is 0 Å². The number of nitrogens with zero attached hydrogens (tertiary/aromatic N) is 2. The lowest BCUT2D eigenvalue weighted by atomic mass is 9.95. The average Bonchev–Trinajstić information content (AvgIpc) is 3.43. The first-order valence-corrected chi connectivity index (χ1v) is 11.3. The average molecular weight is 433 g/mol. The van der Waals surface area contributed by atoms with Gasteiger partial charge in [0.1, 0.15) is 11.6 Å². The molecule has 1 N–H and O–H groups in total. The molecule has 2 unspecified atom stereocenters. The fraction of sp³-hybridized carbons (Fsp3) is 0.172. The maximum atomic E-state index is 11.3. The first-order valence-electron chi connectivity index (χ1n) is 11.3. The highest BCUT2D eigenvalue weighted by molar-refractivity contribution is 5.96. The van der Waals surface area contributed by atoms with Crippen molar-refractivity contribution in [3.05, 3.63) is 113 Å². The van der Waals surface area contributed by atoms with E-state index in [1.165, 1.54) is 40.4 Å². The fourth-order valence-electron chi connectivity index (χ4n) is 5.17. The number of benzene rings is 3. The van der Waals surface area contributed by atoms with Gasteiger partial charge >= 0.3 is 5.97 Å². The molecule has 33 heavy (non-hydrogen) atoms. The molecule has 5 rings (SSSR count). The number of hydrogen-bond donors (Lipinski definition) is 1. The molecule has 0 amide bonds. The lowest BCUT2D eigenvalue weighted by Crippen LogP contribution is -2.26. The summed E-state index contributed by atoms with van der Waals surface area (Å²) in [6.07, 6.45) is 7.16. The third kappa shape index (κ3) is 3.94.